The molecule has 0 heterocycles. The summed E-state index contributed by atoms with van der Waals surface area (Å²) in [6.45, 7) is 0. The molecule has 0 radical (unpaired) electrons. The molecule has 14 heavy (non-hydrogen) atoms. The van der Waals surface area contributed by atoms with Crippen LogP contribution in [0.2, 0.25) is 0 Å². The molecule has 0 unspecified atom stereocenters. The largest absolute Gasteiger partial charge is 0.282 e. The molecule has 1 aromatic rings. The smallest absolute Gasteiger partial charge is 0.258 e. The summed E-state index contributed by atoms with van der Waals surface area (Å²) >= 11 is 2.78. The van der Waals surface area contributed by atoms with E-state index in [0.717, 1.165) is 12.1 Å². The lowest BCUT2D eigenvalue weighted by molar-refractivity contribution is -0.386. The summed E-state index contributed by atoms with van der Waals surface area (Å²) in [4.78, 5) is 9.27. The van der Waals surface area contributed by atoms with Crippen LogP contribution in [0.25, 0.3) is 0 Å². The Kier molecular flexibility index (Phi) is 3.10. The second kappa shape index (κ2) is 3.95. The number of nitrogens with zero attached hydrogens (tertiary/aromatic N) is 1. The zero-order chi connectivity index (χ0) is 10.9. The first-order chi connectivity index (χ1) is 6.43. The number of benzene rings is 1. The van der Waals surface area contributed by atoms with E-state index in [4.69, 9.17) is 0 Å². The van der Waals surface area contributed by atoms with Crippen LogP contribution < -0.4 is 0 Å². The van der Waals surface area contributed by atoms with Gasteiger partial charge in [0.25, 0.3) is 12.1 Å². The second-order valence-electron chi connectivity index (χ2n) is 2.38. The molecule has 0 bridgehead atoms. The summed E-state index contributed by atoms with van der Waals surface area (Å²) in [6, 6.07) is 1.60. The van der Waals surface area contributed by atoms with Crippen molar-refractivity contribution in [3.05, 3.63) is 38.1 Å². The van der Waals surface area contributed by atoms with Crippen LogP contribution in [0.4, 0.5) is 18.9 Å². The van der Waals surface area contributed by atoms with Crippen molar-refractivity contribution in [3.63, 3.8) is 0 Å². The van der Waals surface area contributed by atoms with E-state index < -0.39 is 28.4 Å². The van der Waals surface area contributed by atoms with Crippen LogP contribution in [0, 0.1) is 15.9 Å². The normalized spacial score (nSPS) is 10.6. The molecule has 0 amide bonds. The van der Waals surface area contributed by atoms with Crippen molar-refractivity contribution in [1.82, 2.24) is 0 Å². The molecule has 0 spiro atoms. The minimum absolute atomic E-state index is 0.0473. The van der Waals surface area contributed by atoms with Gasteiger partial charge in [0.05, 0.1) is 4.92 Å². The first-order valence-corrected chi connectivity index (χ1v) is 4.14. The minimum atomic E-state index is -3.21. The lowest BCUT2D eigenvalue weighted by atomic mass is 10.2. The molecule has 0 atom stereocenters. The second-order valence-corrected chi connectivity index (χ2v) is 3.29. The maximum Gasteiger partial charge on any atom is 0.282 e. The molecule has 0 aromatic heterocycles. The van der Waals surface area contributed by atoms with Gasteiger partial charge in [-0.25, -0.2) is 13.2 Å². The average molecular weight is 270 g/mol. The Bertz CT molecular complexity index is 383. The molecule has 76 valence electrons. The Labute approximate surface area is 84.8 Å². The summed E-state index contributed by atoms with van der Waals surface area (Å²) in [5.41, 5.74) is -2.11. The summed E-state index contributed by atoms with van der Waals surface area (Å²) in [5.74, 6) is -1.29. The number of hydrogen-bond donors (Lipinski definition) is 0. The van der Waals surface area contributed by atoms with Crippen molar-refractivity contribution >= 4 is 21.6 Å². The Morgan fingerprint density at radius 2 is 2.00 bits per heavy atom. The maximum atomic E-state index is 12.9. The number of alkyl halides is 2. The molecule has 0 saturated carbocycles. The molecular weight excluding hydrogens is 267 g/mol. The van der Waals surface area contributed by atoms with Crippen molar-refractivity contribution < 1.29 is 18.1 Å². The van der Waals surface area contributed by atoms with E-state index in [1.54, 1.807) is 0 Å². The molecule has 3 nitrogen and oxygen atoms in total. The van der Waals surface area contributed by atoms with Crippen LogP contribution >= 0.6 is 15.9 Å². The van der Waals surface area contributed by atoms with Gasteiger partial charge >= 0.3 is 0 Å². The van der Waals surface area contributed by atoms with Gasteiger partial charge in [0.2, 0.25) is 0 Å². The highest BCUT2D eigenvalue weighted by Gasteiger charge is 2.26. The Morgan fingerprint density at radius 3 is 2.43 bits per heavy atom. The van der Waals surface area contributed by atoms with E-state index >= 15 is 0 Å². The lowest BCUT2D eigenvalue weighted by Crippen LogP contribution is -1.99. The summed E-state index contributed by atoms with van der Waals surface area (Å²) in [5, 5.41) is 10.3. The van der Waals surface area contributed by atoms with Crippen LogP contribution in [0.5, 0.6) is 0 Å². The molecule has 0 aliphatic carbocycles. The van der Waals surface area contributed by atoms with E-state index in [0.29, 0.717) is 0 Å². The van der Waals surface area contributed by atoms with Crippen LogP contribution in [-0.2, 0) is 0 Å². The molecule has 0 aliphatic rings. The van der Waals surface area contributed by atoms with Crippen molar-refractivity contribution in [2.45, 2.75) is 6.43 Å². The third-order valence-corrected chi connectivity index (χ3v) is 1.95. The van der Waals surface area contributed by atoms with Crippen LogP contribution in [0.3, 0.4) is 0 Å². The molecule has 7 heteroatoms. The standard InChI is InChI=1S/C7H3BrF3NO2/c8-3-1-4(9)6(7(10)11)5(2-3)12(13)14/h1-2,7H. The van der Waals surface area contributed by atoms with Gasteiger partial charge in [-0.2, -0.15) is 0 Å². The molecule has 1 aromatic carbocycles. The topological polar surface area (TPSA) is 43.1 Å². The van der Waals surface area contributed by atoms with Gasteiger partial charge in [-0.15, -0.1) is 0 Å². The first-order valence-electron chi connectivity index (χ1n) is 3.35. The van der Waals surface area contributed by atoms with E-state index in [2.05, 4.69) is 15.9 Å². The van der Waals surface area contributed by atoms with Crippen LogP contribution in [0.1, 0.15) is 12.0 Å². The van der Waals surface area contributed by atoms with E-state index in [1.165, 1.54) is 0 Å². The summed E-state index contributed by atoms with van der Waals surface area (Å²) in [7, 11) is 0. The first kappa shape index (κ1) is 11.0. The average Bonchev–Trinajstić information content (AvgIpc) is 2.01. The molecule has 1 rings (SSSR count). The fraction of sp³-hybridized carbons (Fsp3) is 0.143. The zero-order valence-electron chi connectivity index (χ0n) is 6.51. The Morgan fingerprint density at radius 1 is 1.43 bits per heavy atom. The van der Waals surface area contributed by atoms with Gasteiger partial charge in [0.1, 0.15) is 11.4 Å². The monoisotopic (exact) mass is 269 g/mol. The quantitative estimate of drug-likeness (QED) is 0.610. The zero-order valence-corrected chi connectivity index (χ0v) is 8.09. The molecule has 0 saturated heterocycles. The third kappa shape index (κ3) is 2.03. The number of nitro benzene ring substituents is 1. The number of nitro groups is 1. The van der Waals surface area contributed by atoms with Crippen molar-refractivity contribution in [2.75, 3.05) is 0 Å². The third-order valence-electron chi connectivity index (χ3n) is 1.49. The van der Waals surface area contributed by atoms with Gasteiger partial charge in [-0.3, -0.25) is 10.1 Å². The predicted molar refractivity (Wildman–Crippen MR) is 45.7 cm³/mol. The highest BCUT2D eigenvalue weighted by atomic mass is 79.9. The summed E-state index contributed by atoms with van der Waals surface area (Å²) < 4.78 is 37.4. The maximum absolute atomic E-state index is 12.9. The highest BCUT2D eigenvalue weighted by Crippen LogP contribution is 2.33. The summed E-state index contributed by atoms with van der Waals surface area (Å²) in [6.07, 6.45) is -3.21. The van der Waals surface area contributed by atoms with E-state index in [9.17, 15) is 23.3 Å². The Hall–Kier alpha value is -1.11. The van der Waals surface area contributed by atoms with Gasteiger partial charge in [-0.1, -0.05) is 15.9 Å². The lowest BCUT2D eigenvalue weighted by Gasteiger charge is -2.03. The minimum Gasteiger partial charge on any atom is -0.258 e. The van der Waals surface area contributed by atoms with Gasteiger partial charge in [-0.05, 0) is 6.07 Å². The van der Waals surface area contributed by atoms with Crippen molar-refractivity contribution in [2.24, 2.45) is 0 Å². The number of halogens is 4. The van der Waals surface area contributed by atoms with Crippen molar-refractivity contribution in [1.29, 1.82) is 0 Å². The van der Waals surface area contributed by atoms with Gasteiger partial charge in [0.15, 0.2) is 0 Å². The molecule has 0 aliphatic heterocycles. The Balaban J connectivity index is 3.44. The molecule has 0 N–H and O–H groups in total. The fourth-order valence-electron chi connectivity index (χ4n) is 0.938. The van der Waals surface area contributed by atoms with E-state index in [-0.39, 0.29) is 4.47 Å². The van der Waals surface area contributed by atoms with Crippen molar-refractivity contribution in [3.8, 4) is 0 Å². The van der Waals surface area contributed by atoms with Gasteiger partial charge < -0.3 is 0 Å². The molecular formula is C7H3BrF3NO2. The van der Waals surface area contributed by atoms with Gasteiger partial charge in [0, 0.05) is 10.5 Å². The predicted octanol–water partition coefficient (Wildman–Crippen LogP) is 3.43. The SMILES string of the molecule is O=[N+]([O-])c1cc(Br)cc(F)c1C(F)F. The molecule has 0 fully saturated rings. The van der Waals surface area contributed by atoms with E-state index in [1.807, 2.05) is 0 Å². The number of hydrogen-bond acceptors (Lipinski definition) is 2. The number of rotatable bonds is 2. The van der Waals surface area contributed by atoms with Crippen LogP contribution in [0.15, 0.2) is 16.6 Å². The fourth-order valence-corrected chi connectivity index (χ4v) is 1.36. The highest BCUT2D eigenvalue weighted by molar-refractivity contribution is 9.10. The van der Waals surface area contributed by atoms with Crippen LogP contribution in [-0.4, -0.2) is 4.92 Å².